The summed E-state index contributed by atoms with van der Waals surface area (Å²) >= 11 is 1.50. The normalized spacial score (nSPS) is 22.9. The zero-order valence-corrected chi connectivity index (χ0v) is 22.1. The van der Waals surface area contributed by atoms with Gasteiger partial charge >= 0.3 is 5.97 Å². The number of amides is 1. The summed E-state index contributed by atoms with van der Waals surface area (Å²) in [5.74, 6) is 0.442. The highest BCUT2D eigenvalue weighted by atomic mass is 32.2. The third kappa shape index (κ3) is 4.78. The molecule has 9 heteroatoms. The number of carbonyl (C=O) groups excluding carboxylic acids is 2. The Morgan fingerprint density at radius 3 is 2.39 bits per heavy atom. The van der Waals surface area contributed by atoms with Crippen molar-refractivity contribution in [1.29, 1.82) is 0 Å². The van der Waals surface area contributed by atoms with Crippen LogP contribution in [0.3, 0.4) is 0 Å². The molecule has 2 fully saturated rings. The number of allylic oxidation sites excluding steroid dienone is 1. The molecular formula is C27H34N4O4S. The van der Waals surface area contributed by atoms with E-state index in [9.17, 15) is 9.59 Å². The molecule has 1 aliphatic carbocycles. The number of esters is 1. The molecule has 1 saturated carbocycles. The second kappa shape index (κ2) is 10.7. The van der Waals surface area contributed by atoms with Crippen molar-refractivity contribution in [2.75, 3.05) is 40.4 Å². The lowest BCUT2D eigenvalue weighted by molar-refractivity contribution is -0.136. The summed E-state index contributed by atoms with van der Waals surface area (Å²) in [6, 6.07) is 7.93. The Balaban J connectivity index is 1.35. The SMILES string of the molecule is COC(=O)C1=C(C)N=C2SC=C(CC(=O)N3CCN(C4CCCC4)CC3)N2[C@H]1c1ccc(OC)cc1. The maximum Gasteiger partial charge on any atom is 0.338 e. The second-order valence-corrected chi connectivity index (χ2v) is 10.5. The second-order valence-electron chi connectivity index (χ2n) is 9.69. The van der Waals surface area contributed by atoms with E-state index in [0.717, 1.165) is 48.4 Å². The molecule has 8 nitrogen and oxygen atoms in total. The average molecular weight is 511 g/mol. The van der Waals surface area contributed by atoms with Gasteiger partial charge in [-0.15, -0.1) is 0 Å². The van der Waals surface area contributed by atoms with E-state index < -0.39 is 12.0 Å². The Morgan fingerprint density at radius 1 is 1.06 bits per heavy atom. The van der Waals surface area contributed by atoms with E-state index in [1.807, 2.05) is 46.4 Å². The zero-order valence-electron chi connectivity index (χ0n) is 21.2. The van der Waals surface area contributed by atoms with Gasteiger partial charge in [0.2, 0.25) is 5.91 Å². The number of benzene rings is 1. The average Bonchev–Trinajstić information content (AvgIpc) is 3.58. The first-order valence-corrected chi connectivity index (χ1v) is 13.6. The van der Waals surface area contributed by atoms with Gasteiger partial charge in [0, 0.05) is 37.9 Å². The van der Waals surface area contributed by atoms with E-state index in [2.05, 4.69) is 4.90 Å². The first-order chi connectivity index (χ1) is 17.5. The maximum atomic E-state index is 13.4. The standard InChI is InChI=1S/C27H34N4O4S/c1-18-24(26(33)35-3)25(19-8-10-22(34-2)11-9-19)31-21(17-36-27(31)28-18)16-23(32)30-14-12-29(13-15-30)20-6-4-5-7-20/h8-11,17,20,25H,4-7,12-16H2,1-3H3/t25-/m0/s1. The number of hydrogen-bond donors (Lipinski definition) is 0. The maximum absolute atomic E-state index is 13.4. The third-order valence-corrected chi connectivity index (χ3v) is 8.57. The van der Waals surface area contributed by atoms with E-state index in [1.54, 1.807) is 7.11 Å². The third-order valence-electron chi connectivity index (χ3n) is 7.68. The van der Waals surface area contributed by atoms with E-state index >= 15 is 0 Å². The van der Waals surface area contributed by atoms with E-state index in [4.69, 9.17) is 14.5 Å². The number of nitrogens with zero attached hydrogens (tertiary/aromatic N) is 4. The molecule has 0 bridgehead atoms. The molecule has 1 aromatic rings. The predicted octanol–water partition coefficient (Wildman–Crippen LogP) is 3.92. The highest BCUT2D eigenvalue weighted by Gasteiger charge is 2.41. The first-order valence-electron chi connectivity index (χ1n) is 12.7. The Labute approximate surface area is 217 Å². The van der Waals surface area contributed by atoms with Crippen LogP contribution in [0.2, 0.25) is 0 Å². The molecule has 3 heterocycles. The van der Waals surface area contributed by atoms with Crippen LogP contribution < -0.4 is 4.74 Å². The lowest BCUT2D eigenvalue weighted by Gasteiger charge is -2.39. The zero-order chi connectivity index (χ0) is 25.2. The van der Waals surface area contributed by atoms with E-state index in [0.29, 0.717) is 17.3 Å². The van der Waals surface area contributed by atoms with Crippen LogP contribution in [0.25, 0.3) is 0 Å². The minimum Gasteiger partial charge on any atom is -0.497 e. The molecule has 1 saturated heterocycles. The molecule has 0 N–H and O–H groups in total. The molecule has 1 aromatic carbocycles. The number of amidine groups is 1. The number of aliphatic imine (C=N–C) groups is 1. The van der Waals surface area contributed by atoms with Gasteiger partial charge in [0.05, 0.1) is 38.0 Å². The number of methoxy groups -OCH3 is 2. The molecule has 0 unspecified atom stereocenters. The lowest BCUT2D eigenvalue weighted by atomic mass is 9.93. The summed E-state index contributed by atoms with van der Waals surface area (Å²) < 4.78 is 10.5. The molecule has 4 aliphatic rings. The summed E-state index contributed by atoms with van der Waals surface area (Å²) in [6.07, 6.45) is 5.50. The van der Waals surface area contributed by atoms with Gasteiger partial charge in [0.15, 0.2) is 5.17 Å². The van der Waals surface area contributed by atoms with Gasteiger partial charge in [-0.3, -0.25) is 9.69 Å². The lowest BCUT2D eigenvalue weighted by Crippen LogP contribution is -2.51. The number of carbonyl (C=O) groups is 2. The van der Waals surface area contributed by atoms with Crippen molar-refractivity contribution in [2.24, 2.45) is 4.99 Å². The monoisotopic (exact) mass is 510 g/mol. The van der Waals surface area contributed by atoms with Crippen molar-refractivity contribution in [3.8, 4) is 5.75 Å². The summed E-state index contributed by atoms with van der Waals surface area (Å²) in [5, 5.41) is 2.77. The Kier molecular flexibility index (Phi) is 7.39. The topological polar surface area (TPSA) is 74.7 Å². The fourth-order valence-corrected chi connectivity index (χ4v) is 6.68. The van der Waals surface area contributed by atoms with E-state index in [-0.39, 0.29) is 12.3 Å². The fourth-order valence-electron chi connectivity index (χ4n) is 5.71. The molecule has 192 valence electrons. The molecule has 5 rings (SSSR count). The fraction of sp³-hybridized carbons (Fsp3) is 0.519. The summed E-state index contributed by atoms with van der Waals surface area (Å²) in [6.45, 7) is 5.27. The summed E-state index contributed by atoms with van der Waals surface area (Å²) in [7, 11) is 3.01. The molecular weight excluding hydrogens is 476 g/mol. The van der Waals surface area contributed by atoms with Crippen LogP contribution in [-0.4, -0.2) is 78.2 Å². The van der Waals surface area contributed by atoms with Gasteiger partial charge in [-0.1, -0.05) is 36.7 Å². The van der Waals surface area contributed by atoms with E-state index in [1.165, 1.54) is 44.6 Å². The van der Waals surface area contributed by atoms with Crippen LogP contribution in [0.5, 0.6) is 5.75 Å². The van der Waals surface area contributed by atoms with Crippen molar-refractivity contribution in [3.05, 3.63) is 52.2 Å². The van der Waals surface area contributed by atoms with Crippen LogP contribution in [0.1, 0.15) is 50.6 Å². The van der Waals surface area contributed by atoms with Gasteiger partial charge in [0.25, 0.3) is 0 Å². The molecule has 1 amide bonds. The van der Waals surface area contributed by atoms with Crippen LogP contribution in [0.4, 0.5) is 0 Å². The van der Waals surface area contributed by atoms with Crippen molar-refractivity contribution in [1.82, 2.24) is 14.7 Å². The largest absolute Gasteiger partial charge is 0.497 e. The van der Waals surface area contributed by atoms with Crippen molar-refractivity contribution in [2.45, 2.75) is 51.1 Å². The Hall–Kier alpha value is -2.78. The highest BCUT2D eigenvalue weighted by molar-refractivity contribution is 8.16. The number of fused-ring (bicyclic) bond motifs is 1. The molecule has 1 atom stereocenters. The predicted molar refractivity (Wildman–Crippen MR) is 140 cm³/mol. The van der Waals surface area contributed by atoms with Gasteiger partial charge in [-0.25, -0.2) is 9.79 Å². The molecule has 0 aromatic heterocycles. The van der Waals surface area contributed by atoms with Gasteiger partial charge in [-0.05, 0) is 42.9 Å². The Bertz CT molecular complexity index is 1100. The van der Waals surface area contributed by atoms with Gasteiger partial charge in [-0.2, -0.15) is 0 Å². The smallest absolute Gasteiger partial charge is 0.338 e. The highest BCUT2D eigenvalue weighted by Crippen LogP contribution is 2.45. The number of thioether (sulfide) groups is 1. The number of rotatable bonds is 6. The first kappa shape index (κ1) is 24.9. The molecule has 0 radical (unpaired) electrons. The van der Waals surface area contributed by atoms with Crippen molar-refractivity contribution in [3.63, 3.8) is 0 Å². The van der Waals surface area contributed by atoms with Crippen molar-refractivity contribution >= 4 is 28.8 Å². The Morgan fingerprint density at radius 2 is 1.75 bits per heavy atom. The molecule has 3 aliphatic heterocycles. The minimum atomic E-state index is -0.427. The van der Waals surface area contributed by atoms with Crippen LogP contribution in [0.15, 0.2) is 51.6 Å². The van der Waals surface area contributed by atoms with Crippen LogP contribution in [-0.2, 0) is 14.3 Å². The summed E-state index contributed by atoms with van der Waals surface area (Å²) in [4.78, 5) is 37.6. The van der Waals surface area contributed by atoms with Gasteiger partial charge in [0.1, 0.15) is 5.75 Å². The quantitative estimate of drug-likeness (QED) is 0.537. The van der Waals surface area contributed by atoms with Crippen LogP contribution in [0, 0.1) is 0 Å². The van der Waals surface area contributed by atoms with Gasteiger partial charge < -0.3 is 19.3 Å². The minimum absolute atomic E-state index is 0.119. The number of hydrogen-bond acceptors (Lipinski definition) is 8. The molecule has 36 heavy (non-hydrogen) atoms. The molecule has 0 spiro atoms. The van der Waals surface area contributed by atoms with Crippen molar-refractivity contribution < 1.29 is 19.1 Å². The van der Waals surface area contributed by atoms with Crippen LogP contribution >= 0.6 is 11.8 Å². The summed E-state index contributed by atoms with van der Waals surface area (Å²) in [5.41, 5.74) is 2.88. The number of piperazine rings is 1. The number of ether oxygens (including phenoxy) is 2.